The number of hydrogen-bond acceptors (Lipinski definition) is 5. The Kier molecular flexibility index (Phi) is 6.14. The van der Waals surface area contributed by atoms with Crippen molar-refractivity contribution in [2.45, 2.75) is 45.6 Å². The first-order chi connectivity index (χ1) is 16.5. The summed E-state index contributed by atoms with van der Waals surface area (Å²) in [4.78, 5) is 31.9. The van der Waals surface area contributed by atoms with Gasteiger partial charge in [0.25, 0.3) is 5.91 Å². The maximum atomic E-state index is 13.2. The fraction of sp³-hybridized carbons (Fsp3) is 0.417. The fourth-order valence-corrected chi connectivity index (χ4v) is 4.56. The van der Waals surface area contributed by atoms with Crippen LogP contribution in [0, 0.1) is 18.7 Å². The lowest BCUT2D eigenvalue weighted by atomic mass is 9.95. The van der Waals surface area contributed by atoms with Gasteiger partial charge in [0.15, 0.2) is 5.69 Å². The molecule has 2 aliphatic heterocycles. The number of carbonyl (C=O) groups excluding carboxylic acids is 2. The van der Waals surface area contributed by atoms with E-state index in [0.29, 0.717) is 44.7 Å². The van der Waals surface area contributed by atoms with E-state index in [1.54, 1.807) is 29.6 Å². The Hall–Kier alpha value is -3.53. The van der Waals surface area contributed by atoms with Crippen molar-refractivity contribution < 1.29 is 18.7 Å². The second kappa shape index (κ2) is 9.38. The Balaban J connectivity index is 1.16. The van der Waals surface area contributed by atoms with Gasteiger partial charge in [-0.15, -0.1) is 0 Å². The van der Waals surface area contributed by atoms with Gasteiger partial charge in [-0.3, -0.25) is 14.7 Å². The summed E-state index contributed by atoms with van der Waals surface area (Å²) in [6, 6.07) is 6.26. The number of halogens is 1. The fourth-order valence-electron chi connectivity index (χ4n) is 4.56. The molecule has 0 saturated carbocycles. The lowest BCUT2D eigenvalue weighted by molar-refractivity contribution is -0.126. The number of aromatic nitrogens is 4. The van der Waals surface area contributed by atoms with Crippen LogP contribution < -0.4 is 5.32 Å². The highest BCUT2D eigenvalue weighted by Crippen LogP contribution is 2.29. The summed E-state index contributed by atoms with van der Waals surface area (Å²) in [6.07, 6.45) is 4.39. The van der Waals surface area contributed by atoms with E-state index in [2.05, 4.69) is 20.5 Å². The molecule has 10 heteroatoms. The van der Waals surface area contributed by atoms with Crippen molar-refractivity contribution in [2.75, 3.05) is 13.1 Å². The van der Waals surface area contributed by atoms with Crippen molar-refractivity contribution in [2.24, 2.45) is 5.92 Å². The number of nitrogens with one attached hydrogen (secondary N) is 2. The molecule has 5 rings (SSSR count). The standard InChI is InChI=1S/C24H27FN6O3/c1-15-18(11-28-29-15)10-26-23(32)17-6-8-30(9-7-17)24(33)22-20-13-34-21(12-31(20)14-27-22)16-2-4-19(25)5-3-16/h2-5,11,14,17,21H,6-10,12-13H2,1H3,(H,26,32)(H,28,29)/t21-/m0/s1. The number of likely N-dealkylation sites (tertiary alicyclic amines) is 1. The van der Waals surface area contributed by atoms with Gasteiger partial charge in [-0.1, -0.05) is 12.1 Å². The zero-order valence-electron chi connectivity index (χ0n) is 19.0. The first kappa shape index (κ1) is 22.3. The molecule has 1 aromatic carbocycles. The zero-order valence-corrected chi connectivity index (χ0v) is 19.0. The summed E-state index contributed by atoms with van der Waals surface area (Å²) < 4.78 is 21.1. The lowest BCUT2D eigenvalue weighted by Gasteiger charge is -2.31. The second-order valence-electron chi connectivity index (χ2n) is 8.85. The molecule has 2 N–H and O–H groups in total. The number of H-pyrrole nitrogens is 1. The smallest absolute Gasteiger partial charge is 0.274 e. The summed E-state index contributed by atoms with van der Waals surface area (Å²) in [5, 5.41) is 9.80. The molecule has 178 valence electrons. The topological polar surface area (TPSA) is 105 Å². The number of fused-ring (bicyclic) bond motifs is 1. The number of hydrogen-bond donors (Lipinski definition) is 2. The molecule has 0 spiro atoms. The first-order valence-corrected chi connectivity index (χ1v) is 11.5. The van der Waals surface area contributed by atoms with Gasteiger partial charge in [-0.2, -0.15) is 5.10 Å². The number of ether oxygens (including phenoxy) is 1. The number of amides is 2. The molecular formula is C24H27FN6O3. The number of aryl methyl sites for hydroxylation is 1. The highest BCUT2D eigenvalue weighted by molar-refractivity contribution is 5.93. The number of carbonyl (C=O) groups is 2. The molecule has 0 bridgehead atoms. The van der Waals surface area contributed by atoms with Crippen LogP contribution in [0.2, 0.25) is 0 Å². The predicted octanol–water partition coefficient (Wildman–Crippen LogP) is 2.49. The van der Waals surface area contributed by atoms with E-state index in [1.807, 2.05) is 11.5 Å². The largest absolute Gasteiger partial charge is 0.365 e. The molecule has 0 aliphatic carbocycles. The van der Waals surface area contributed by atoms with Crippen LogP contribution in [-0.4, -0.2) is 49.6 Å². The van der Waals surface area contributed by atoms with Crippen LogP contribution in [0.15, 0.2) is 36.8 Å². The molecule has 0 unspecified atom stereocenters. The predicted molar refractivity (Wildman–Crippen MR) is 120 cm³/mol. The summed E-state index contributed by atoms with van der Waals surface area (Å²) in [7, 11) is 0. The number of rotatable bonds is 5. The number of benzene rings is 1. The van der Waals surface area contributed by atoms with E-state index >= 15 is 0 Å². The van der Waals surface area contributed by atoms with Crippen LogP contribution in [0.25, 0.3) is 0 Å². The minimum Gasteiger partial charge on any atom is -0.365 e. The van der Waals surface area contributed by atoms with Gasteiger partial charge in [0.1, 0.15) is 11.9 Å². The van der Waals surface area contributed by atoms with Gasteiger partial charge in [-0.05, 0) is 37.5 Å². The van der Waals surface area contributed by atoms with Crippen molar-refractivity contribution in [3.05, 3.63) is 70.8 Å². The third-order valence-electron chi connectivity index (χ3n) is 6.71. The van der Waals surface area contributed by atoms with Crippen LogP contribution in [0.5, 0.6) is 0 Å². The summed E-state index contributed by atoms with van der Waals surface area (Å²) in [5.41, 5.74) is 3.94. The van der Waals surface area contributed by atoms with E-state index in [1.165, 1.54) is 12.1 Å². The van der Waals surface area contributed by atoms with Gasteiger partial charge < -0.3 is 19.5 Å². The van der Waals surface area contributed by atoms with Crippen LogP contribution in [0.3, 0.4) is 0 Å². The van der Waals surface area contributed by atoms with E-state index in [0.717, 1.165) is 22.5 Å². The molecule has 2 aliphatic rings. The number of imidazole rings is 1. The average molecular weight is 467 g/mol. The monoisotopic (exact) mass is 466 g/mol. The highest BCUT2D eigenvalue weighted by Gasteiger charge is 2.32. The Morgan fingerprint density at radius 1 is 1.24 bits per heavy atom. The first-order valence-electron chi connectivity index (χ1n) is 11.5. The van der Waals surface area contributed by atoms with Crippen molar-refractivity contribution >= 4 is 11.8 Å². The van der Waals surface area contributed by atoms with E-state index in [-0.39, 0.29) is 36.3 Å². The molecule has 1 atom stereocenters. The molecule has 1 saturated heterocycles. The van der Waals surface area contributed by atoms with Crippen molar-refractivity contribution in [3.63, 3.8) is 0 Å². The minimum absolute atomic E-state index is 0.00676. The van der Waals surface area contributed by atoms with Crippen LogP contribution in [0.1, 0.15) is 51.9 Å². The minimum atomic E-state index is -0.287. The highest BCUT2D eigenvalue weighted by atomic mass is 19.1. The number of piperidine rings is 1. The molecule has 9 nitrogen and oxygen atoms in total. The Bertz CT molecular complexity index is 1180. The Labute approximate surface area is 196 Å². The molecule has 4 heterocycles. The molecule has 1 fully saturated rings. The van der Waals surface area contributed by atoms with Gasteiger partial charge in [0.2, 0.25) is 5.91 Å². The lowest BCUT2D eigenvalue weighted by Crippen LogP contribution is -2.43. The quantitative estimate of drug-likeness (QED) is 0.601. The van der Waals surface area contributed by atoms with Crippen molar-refractivity contribution in [3.8, 4) is 0 Å². The number of nitrogens with zero attached hydrogens (tertiary/aromatic N) is 4. The number of aromatic amines is 1. The van der Waals surface area contributed by atoms with Crippen molar-refractivity contribution in [1.82, 2.24) is 30.0 Å². The second-order valence-corrected chi connectivity index (χ2v) is 8.85. The SMILES string of the molecule is Cc1[nH]ncc1CNC(=O)C1CCN(C(=O)c2ncn3c2CO[C@H](c2ccc(F)cc2)C3)CC1. The van der Waals surface area contributed by atoms with Crippen LogP contribution in [-0.2, 0) is 29.2 Å². The normalized spacial score (nSPS) is 18.5. The van der Waals surface area contributed by atoms with E-state index in [4.69, 9.17) is 4.74 Å². The average Bonchev–Trinajstić information content (AvgIpc) is 3.48. The molecule has 2 amide bonds. The Morgan fingerprint density at radius 3 is 2.71 bits per heavy atom. The molecule has 3 aromatic rings. The van der Waals surface area contributed by atoms with Gasteiger partial charge in [-0.25, -0.2) is 9.37 Å². The van der Waals surface area contributed by atoms with Gasteiger partial charge in [0, 0.05) is 36.8 Å². The Morgan fingerprint density at radius 2 is 2.00 bits per heavy atom. The van der Waals surface area contributed by atoms with Gasteiger partial charge >= 0.3 is 0 Å². The van der Waals surface area contributed by atoms with E-state index < -0.39 is 0 Å². The van der Waals surface area contributed by atoms with Gasteiger partial charge in [0.05, 0.1) is 31.4 Å². The van der Waals surface area contributed by atoms with Crippen molar-refractivity contribution in [1.29, 1.82) is 0 Å². The summed E-state index contributed by atoms with van der Waals surface area (Å²) in [6.45, 7) is 4.15. The summed E-state index contributed by atoms with van der Waals surface area (Å²) in [5.74, 6) is -0.533. The molecule has 2 aromatic heterocycles. The molecular weight excluding hydrogens is 439 g/mol. The van der Waals surface area contributed by atoms with E-state index in [9.17, 15) is 14.0 Å². The molecule has 0 radical (unpaired) electrons. The maximum absolute atomic E-state index is 13.2. The van der Waals surface area contributed by atoms with Crippen LogP contribution in [0.4, 0.5) is 4.39 Å². The zero-order chi connectivity index (χ0) is 23.7. The third kappa shape index (κ3) is 4.45. The van der Waals surface area contributed by atoms with Crippen LogP contribution >= 0.6 is 0 Å². The maximum Gasteiger partial charge on any atom is 0.274 e. The third-order valence-corrected chi connectivity index (χ3v) is 6.71. The molecule has 34 heavy (non-hydrogen) atoms. The summed E-state index contributed by atoms with van der Waals surface area (Å²) >= 11 is 0.